The molecule has 2 saturated heterocycles. The summed E-state index contributed by atoms with van der Waals surface area (Å²) in [5.74, 6) is 0.644. The Hall–Kier alpha value is -4.05. The summed E-state index contributed by atoms with van der Waals surface area (Å²) < 4.78 is 15.7. The summed E-state index contributed by atoms with van der Waals surface area (Å²) in [6.07, 6.45) is 3.09. The number of carbonyl (C=O) groups is 1. The number of carbonyl (C=O) groups excluding carboxylic acids is 1. The van der Waals surface area contributed by atoms with Crippen LogP contribution in [-0.4, -0.2) is 94.1 Å². The van der Waals surface area contributed by atoms with Crippen molar-refractivity contribution >= 4 is 39.5 Å². The van der Waals surface area contributed by atoms with Crippen LogP contribution in [0.3, 0.4) is 0 Å². The Morgan fingerprint density at radius 3 is 2.58 bits per heavy atom. The molecular formula is C31H35FN8O2S. The number of likely N-dealkylation sites (tertiary alicyclic amines) is 1. The molecule has 5 heterocycles. The maximum Gasteiger partial charge on any atom is 0.236 e. The molecule has 2 fully saturated rings. The standard InChI is InChI=1S/C31H35FN8O2S/c1-4-25-30(36(3)31-35-28(26(16-33)43-31)21-5-7-22(32)8-6-21)40-17-23(15-20(2)29(40)34-25)38-13-11-37(12-14-38)19-27(42)39-10-9-24(41)18-39/h5-8,15,17,24,41H,4,9-14,18-19H2,1-3H3. The second kappa shape index (κ2) is 11.9. The highest BCUT2D eigenvalue weighted by atomic mass is 32.1. The Morgan fingerprint density at radius 1 is 1.19 bits per heavy atom. The lowest BCUT2D eigenvalue weighted by molar-refractivity contribution is -0.131. The molecule has 1 aromatic carbocycles. The van der Waals surface area contributed by atoms with Gasteiger partial charge in [-0.1, -0.05) is 18.3 Å². The van der Waals surface area contributed by atoms with Gasteiger partial charge >= 0.3 is 0 Å². The molecule has 1 N–H and O–H groups in total. The minimum absolute atomic E-state index is 0.0878. The van der Waals surface area contributed by atoms with Crippen molar-refractivity contribution in [2.45, 2.75) is 32.8 Å². The first kappa shape index (κ1) is 29.0. The van der Waals surface area contributed by atoms with Crippen molar-refractivity contribution in [3.8, 4) is 17.3 Å². The first-order chi connectivity index (χ1) is 20.7. The number of halogens is 1. The van der Waals surface area contributed by atoms with Crippen LogP contribution in [0.25, 0.3) is 16.9 Å². The number of aliphatic hydroxyl groups is 1. The molecule has 224 valence electrons. The highest BCUT2D eigenvalue weighted by molar-refractivity contribution is 7.16. The van der Waals surface area contributed by atoms with Crippen LogP contribution >= 0.6 is 11.3 Å². The van der Waals surface area contributed by atoms with Crippen LogP contribution < -0.4 is 9.80 Å². The number of nitriles is 1. The summed E-state index contributed by atoms with van der Waals surface area (Å²) in [7, 11) is 1.94. The lowest BCUT2D eigenvalue weighted by Crippen LogP contribution is -2.50. The third kappa shape index (κ3) is 5.68. The van der Waals surface area contributed by atoms with Crippen molar-refractivity contribution in [3.63, 3.8) is 0 Å². The molecule has 4 aromatic rings. The summed E-state index contributed by atoms with van der Waals surface area (Å²) in [5, 5.41) is 20.3. The molecular weight excluding hydrogens is 567 g/mol. The second-order valence-corrected chi connectivity index (χ2v) is 12.2. The normalized spacial score (nSPS) is 17.5. The lowest BCUT2D eigenvalue weighted by Gasteiger charge is -2.36. The Kier molecular flexibility index (Phi) is 8.05. The lowest BCUT2D eigenvalue weighted by atomic mass is 10.1. The molecule has 0 saturated carbocycles. The van der Waals surface area contributed by atoms with Crippen molar-refractivity contribution in [1.29, 1.82) is 5.26 Å². The molecule has 0 spiro atoms. The summed E-state index contributed by atoms with van der Waals surface area (Å²) in [4.78, 5) is 31.2. The van der Waals surface area contributed by atoms with Crippen LogP contribution in [0.1, 0.15) is 29.5 Å². The highest BCUT2D eigenvalue weighted by Gasteiger charge is 2.28. The van der Waals surface area contributed by atoms with E-state index < -0.39 is 6.10 Å². The van der Waals surface area contributed by atoms with Gasteiger partial charge in [0.15, 0.2) is 5.13 Å². The zero-order chi connectivity index (χ0) is 30.2. The fourth-order valence-corrected chi connectivity index (χ4v) is 6.79. The van der Waals surface area contributed by atoms with Gasteiger partial charge in [-0.2, -0.15) is 5.26 Å². The first-order valence-corrected chi connectivity index (χ1v) is 15.4. The van der Waals surface area contributed by atoms with Crippen molar-refractivity contribution in [2.24, 2.45) is 0 Å². The average Bonchev–Trinajstić information content (AvgIpc) is 3.74. The van der Waals surface area contributed by atoms with E-state index in [9.17, 15) is 19.6 Å². The number of β-amino-alcohol motifs (C(OH)–C–C–N with tert-alkyl or cyclic N) is 1. The SMILES string of the molecule is CCc1nc2c(C)cc(N3CCN(CC(=O)N4CCC(O)C4)CC3)cn2c1N(C)c1nc(-c2ccc(F)cc2)c(C#N)s1. The molecule has 43 heavy (non-hydrogen) atoms. The van der Waals surface area contributed by atoms with E-state index in [1.165, 1.54) is 23.5 Å². The molecule has 3 aromatic heterocycles. The predicted octanol–water partition coefficient (Wildman–Crippen LogP) is 3.82. The van der Waals surface area contributed by atoms with Crippen LogP contribution in [0, 0.1) is 24.1 Å². The number of rotatable bonds is 7. The fraction of sp³-hybridized carbons (Fsp3) is 0.419. The average molecular weight is 603 g/mol. The topological polar surface area (TPSA) is 104 Å². The highest BCUT2D eigenvalue weighted by Crippen LogP contribution is 2.37. The summed E-state index contributed by atoms with van der Waals surface area (Å²) in [6.45, 7) is 8.73. The largest absolute Gasteiger partial charge is 0.391 e. The van der Waals surface area contributed by atoms with Gasteiger partial charge in [0.2, 0.25) is 5.91 Å². The minimum atomic E-state index is -0.403. The van der Waals surface area contributed by atoms with E-state index in [4.69, 9.17) is 9.97 Å². The van der Waals surface area contributed by atoms with E-state index in [-0.39, 0.29) is 11.7 Å². The van der Waals surface area contributed by atoms with E-state index in [2.05, 4.69) is 46.4 Å². The second-order valence-electron chi connectivity index (χ2n) is 11.2. The molecule has 2 aliphatic rings. The van der Waals surface area contributed by atoms with Crippen molar-refractivity contribution in [1.82, 2.24) is 24.2 Å². The van der Waals surface area contributed by atoms with E-state index >= 15 is 0 Å². The Bertz CT molecular complexity index is 1690. The van der Waals surface area contributed by atoms with E-state index in [1.54, 1.807) is 17.0 Å². The van der Waals surface area contributed by atoms with Crippen LogP contribution in [0.4, 0.5) is 21.0 Å². The van der Waals surface area contributed by atoms with E-state index in [1.807, 2.05) is 11.9 Å². The molecule has 6 rings (SSSR count). The zero-order valence-electron chi connectivity index (χ0n) is 24.6. The zero-order valence-corrected chi connectivity index (χ0v) is 25.4. The number of aromatic nitrogens is 3. The number of amides is 1. The van der Waals surface area contributed by atoms with Crippen LogP contribution in [0.5, 0.6) is 0 Å². The van der Waals surface area contributed by atoms with Crippen molar-refractivity contribution in [3.05, 3.63) is 58.5 Å². The van der Waals surface area contributed by atoms with Crippen LogP contribution in [-0.2, 0) is 11.2 Å². The smallest absolute Gasteiger partial charge is 0.236 e. The first-order valence-electron chi connectivity index (χ1n) is 14.6. The maximum atomic E-state index is 13.5. The minimum Gasteiger partial charge on any atom is -0.391 e. The van der Waals surface area contributed by atoms with Crippen molar-refractivity contribution < 1.29 is 14.3 Å². The molecule has 0 radical (unpaired) electrons. The van der Waals surface area contributed by atoms with Gasteiger partial charge < -0.3 is 19.8 Å². The number of hydrogen-bond donors (Lipinski definition) is 1. The van der Waals surface area contributed by atoms with Gasteiger partial charge in [-0.15, -0.1) is 0 Å². The number of hydrogen-bond acceptors (Lipinski definition) is 9. The monoisotopic (exact) mass is 602 g/mol. The number of fused-ring (bicyclic) bond motifs is 1. The van der Waals surface area contributed by atoms with Gasteiger partial charge in [0, 0.05) is 58.1 Å². The number of anilines is 3. The Morgan fingerprint density at radius 2 is 1.93 bits per heavy atom. The molecule has 2 aliphatic heterocycles. The van der Waals surface area contributed by atoms with Gasteiger partial charge in [-0.25, -0.2) is 14.4 Å². The summed E-state index contributed by atoms with van der Waals surface area (Å²) >= 11 is 1.30. The number of piperazine rings is 1. The third-order valence-corrected chi connectivity index (χ3v) is 9.36. The molecule has 1 atom stereocenters. The number of nitrogens with zero attached hydrogens (tertiary/aromatic N) is 8. The number of thiazole rings is 1. The third-order valence-electron chi connectivity index (χ3n) is 8.32. The Labute approximate surface area is 254 Å². The van der Waals surface area contributed by atoms with Crippen LogP contribution in [0.15, 0.2) is 36.5 Å². The summed E-state index contributed by atoms with van der Waals surface area (Å²) in [6, 6.07) is 10.5. The quantitative estimate of drug-likeness (QED) is 0.341. The molecule has 0 aliphatic carbocycles. The van der Waals surface area contributed by atoms with Crippen LogP contribution in [0.2, 0.25) is 0 Å². The Balaban J connectivity index is 1.25. The maximum absolute atomic E-state index is 13.5. The molecule has 1 unspecified atom stereocenters. The number of benzene rings is 1. The van der Waals surface area contributed by atoms with Gasteiger partial charge in [-0.05, 0) is 55.7 Å². The summed E-state index contributed by atoms with van der Waals surface area (Å²) in [5.41, 5.74) is 5.17. The molecule has 10 nitrogen and oxygen atoms in total. The molecule has 12 heteroatoms. The van der Waals surface area contributed by atoms with Crippen molar-refractivity contribution in [2.75, 3.05) is 62.7 Å². The van der Waals surface area contributed by atoms with E-state index in [0.29, 0.717) is 47.3 Å². The van der Waals surface area contributed by atoms with Gasteiger partial charge in [-0.3, -0.25) is 14.1 Å². The van der Waals surface area contributed by atoms with E-state index in [0.717, 1.165) is 61.0 Å². The van der Waals surface area contributed by atoms with Gasteiger partial charge in [0.1, 0.15) is 33.9 Å². The fourth-order valence-electron chi connectivity index (χ4n) is 5.94. The molecule has 1 amide bonds. The number of aliphatic hydroxyl groups excluding tert-OH is 1. The molecule has 0 bridgehead atoms. The number of aryl methyl sites for hydroxylation is 2. The predicted molar refractivity (Wildman–Crippen MR) is 165 cm³/mol. The number of imidazole rings is 1. The van der Waals surface area contributed by atoms with Gasteiger partial charge in [0.05, 0.1) is 24.0 Å². The number of pyridine rings is 1. The van der Waals surface area contributed by atoms with Gasteiger partial charge in [0.25, 0.3) is 0 Å².